The van der Waals surface area contributed by atoms with Crippen molar-refractivity contribution in [1.29, 1.82) is 0 Å². The first-order valence-electron chi connectivity index (χ1n) is 14.0. The fourth-order valence-corrected chi connectivity index (χ4v) is 5.49. The molecule has 0 radical (unpaired) electrons. The van der Waals surface area contributed by atoms with Crippen LogP contribution in [0.3, 0.4) is 0 Å². The number of ether oxygens (including phenoxy) is 1. The van der Waals surface area contributed by atoms with Crippen LogP contribution in [0.2, 0.25) is 0 Å². The zero-order chi connectivity index (χ0) is 26.9. The lowest BCUT2D eigenvalue weighted by molar-refractivity contribution is -0.116. The molecule has 0 unspecified atom stereocenters. The Hall–Kier alpha value is -2.16. The largest absolute Gasteiger partial charge is 0.488 e. The summed E-state index contributed by atoms with van der Waals surface area (Å²) in [4.78, 5) is 32.3. The van der Waals surface area contributed by atoms with E-state index >= 15 is 0 Å². The first-order valence-corrected chi connectivity index (χ1v) is 14.0. The number of likely N-dealkylation sites (N-methyl/N-ethyl adjacent to an activating group) is 1. The van der Waals surface area contributed by atoms with Crippen molar-refractivity contribution in [2.75, 3.05) is 59.2 Å². The van der Waals surface area contributed by atoms with Gasteiger partial charge in [0.05, 0.1) is 18.2 Å². The zero-order valence-corrected chi connectivity index (χ0v) is 23.5. The highest BCUT2D eigenvalue weighted by Gasteiger charge is 2.34. The Morgan fingerprint density at radius 2 is 1.92 bits per heavy atom. The molecule has 1 heterocycles. The van der Waals surface area contributed by atoms with Crippen molar-refractivity contribution in [3.63, 3.8) is 0 Å². The predicted molar refractivity (Wildman–Crippen MR) is 148 cm³/mol. The van der Waals surface area contributed by atoms with Gasteiger partial charge in [0.1, 0.15) is 11.9 Å². The predicted octanol–water partition coefficient (Wildman–Crippen LogP) is 3.70. The monoisotopic (exact) mass is 516 g/mol. The number of nitrogens with one attached hydrogen (secondary N) is 1. The molecule has 2 amide bonds. The van der Waals surface area contributed by atoms with E-state index in [4.69, 9.17) is 4.74 Å². The van der Waals surface area contributed by atoms with E-state index in [1.54, 1.807) is 17.0 Å². The van der Waals surface area contributed by atoms with Gasteiger partial charge in [0.2, 0.25) is 5.91 Å². The van der Waals surface area contributed by atoms with Crippen molar-refractivity contribution < 1.29 is 19.4 Å². The van der Waals surface area contributed by atoms with Gasteiger partial charge in [0.15, 0.2) is 0 Å². The number of fused-ring (bicyclic) bond motifs is 1. The summed E-state index contributed by atoms with van der Waals surface area (Å²) in [6.07, 6.45) is 7.69. The molecule has 3 rings (SSSR count). The van der Waals surface area contributed by atoms with Crippen LogP contribution in [-0.4, -0.2) is 97.7 Å². The summed E-state index contributed by atoms with van der Waals surface area (Å²) in [5.41, 5.74) is 1.01. The molecule has 2 N–H and O–H groups in total. The molecule has 1 fully saturated rings. The Morgan fingerprint density at radius 1 is 1.19 bits per heavy atom. The van der Waals surface area contributed by atoms with Crippen LogP contribution in [0.4, 0.5) is 5.69 Å². The molecule has 208 valence electrons. The molecule has 0 spiro atoms. The first-order chi connectivity index (χ1) is 17.7. The van der Waals surface area contributed by atoms with Gasteiger partial charge >= 0.3 is 0 Å². The van der Waals surface area contributed by atoms with Crippen LogP contribution in [-0.2, 0) is 4.79 Å². The van der Waals surface area contributed by atoms with Crippen molar-refractivity contribution in [3.8, 4) is 5.75 Å². The molecule has 1 aliphatic carbocycles. The lowest BCUT2D eigenvalue weighted by Crippen LogP contribution is -2.50. The Morgan fingerprint density at radius 3 is 2.59 bits per heavy atom. The van der Waals surface area contributed by atoms with Crippen molar-refractivity contribution >= 4 is 17.5 Å². The SMILES string of the molecule is C[C@H]1CN([C@@H](C)CO)C(=O)c2cc(NC(=O)CCCN(C)C)ccc2O[C@@H]1CN(C)CC1CCCCC1. The number of carbonyl (C=O) groups is 2. The summed E-state index contributed by atoms with van der Waals surface area (Å²) in [6, 6.07) is 5.02. The Labute approximate surface area is 223 Å². The van der Waals surface area contributed by atoms with Gasteiger partial charge in [0, 0.05) is 37.7 Å². The molecule has 1 aliphatic heterocycles. The van der Waals surface area contributed by atoms with E-state index < -0.39 is 0 Å². The topological polar surface area (TPSA) is 85.3 Å². The third kappa shape index (κ3) is 8.69. The molecule has 1 aromatic carbocycles. The van der Waals surface area contributed by atoms with E-state index in [1.807, 2.05) is 27.1 Å². The number of carbonyl (C=O) groups excluding carboxylic acids is 2. The number of benzene rings is 1. The molecular weight excluding hydrogens is 468 g/mol. The number of anilines is 1. The van der Waals surface area contributed by atoms with Crippen LogP contribution in [0, 0.1) is 11.8 Å². The number of aliphatic hydroxyl groups excluding tert-OH is 1. The van der Waals surface area contributed by atoms with Gasteiger partial charge in [-0.25, -0.2) is 0 Å². The average Bonchev–Trinajstić information content (AvgIpc) is 2.86. The molecule has 8 heteroatoms. The van der Waals surface area contributed by atoms with Gasteiger partial charge in [-0.1, -0.05) is 26.2 Å². The molecule has 1 saturated carbocycles. The van der Waals surface area contributed by atoms with Gasteiger partial charge in [-0.05, 0) is 78.0 Å². The number of aliphatic hydroxyl groups is 1. The quantitative estimate of drug-likeness (QED) is 0.467. The summed E-state index contributed by atoms with van der Waals surface area (Å²) >= 11 is 0. The van der Waals surface area contributed by atoms with Crippen molar-refractivity contribution in [2.24, 2.45) is 11.8 Å². The molecule has 3 atom stereocenters. The third-order valence-electron chi connectivity index (χ3n) is 7.74. The number of amides is 2. The van der Waals surface area contributed by atoms with E-state index in [0.29, 0.717) is 30.0 Å². The molecule has 2 aliphatic rings. The minimum absolute atomic E-state index is 0.0718. The van der Waals surface area contributed by atoms with Crippen molar-refractivity contribution in [1.82, 2.24) is 14.7 Å². The maximum Gasteiger partial charge on any atom is 0.258 e. The minimum atomic E-state index is -0.314. The molecular formula is C29H48N4O4. The fraction of sp³-hybridized carbons (Fsp3) is 0.724. The summed E-state index contributed by atoms with van der Waals surface area (Å²) in [6.45, 7) is 7.06. The maximum absolute atomic E-state index is 13.6. The number of hydrogen-bond donors (Lipinski definition) is 2. The molecule has 0 aromatic heterocycles. The molecule has 0 saturated heterocycles. The van der Waals surface area contributed by atoms with E-state index in [-0.39, 0.29) is 36.5 Å². The Bertz CT molecular complexity index is 887. The van der Waals surface area contributed by atoms with Crippen LogP contribution in [0.1, 0.15) is 69.2 Å². The van der Waals surface area contributed by atoms with E-state index in [1.165, 1.54) is 32.1 Å². The summed E-state index contributed by atoms with van der Waals surface area (Å²) in [5, 5.41) is 12.8. The van der Waals surface area contributed by atoms with Gasteiger partial charge in [0.25, 0.3) is 5.91 Å². The number of hydrogen-bond acceptors (Lipinski definition) is 6. The number of rotatable bonds is 11. The van der Waals surface area contributed by atoms with E-state index in [2.05, 4.69) is 29.1 Å². The highest BCUT2D eigenvalue weighted by Crippen LogP contribution is 2.31. The van der Waals surface area contributed by atoms with Gasteiger partial charge in [-0.2, -0.15) is 0 Å². The van der Waals surface area contributed by atoms with E-state index in [9.17, 15) is 14.7 Å². The molecule has 37 heavy (non-hydrogen) atoms. The standard InChI is InChI=1S/C29H48N4O4/c1-21-17-33(22(2)20-34)29(36)25-16-24(30-28(35)12-9-15-31(3)4)13-14-26(25)37-27(21)19-32(5)18-23-10-7-6-8-11-23/h13-14,16,21-23,27,34H,6-12,15,17-20H2,1-5H3,(H,30,35)/t21-,22-,27+/m0/s1. The lowest BCUT2D eigenvalue weighted by Gasteiger charge is -2.38. The van der Waals surface area contributed by atoms with Crippen molar-refractivity contribution in [2.45, 2.75) is 70.9 Å². The normalized spacial score (nSPS) is 21.8. The fourth-order valence-electron chi connectivity index (χ4n) is 5.49. The second kappa shape index (κ2) is 14.1. The smallest absolute Gasteiger partial charge is 0.258 e. The highest BCUT2D eigenvalue weighted by molar-refractivity contribution is 5.99. The summed E-state index contributed by atoms with van der Waals surface area (Å²) in [7, 11) is 6.14. The van der Waals surface area contributed by atoms with Crippen LogP contribution >= 0.6 is 0 Å². The zero-order valence-electron chi connectivity index (χ0n) is 23.5. The van der Waals surface area contributed by atoms with Crippen molar-refractivity contribution in [3.05, 3.63) is 23.8 Å². The molecule has 0 bridgehead atoms. The number of nitrogens with zero attached hydrogens (tertiary/aromatic N) is 3. The average molecular weight is 517 g/mol. The molecule has 1 aromatic rings. The second-order valence-electron chi connectivity index (χ2n) is 11.5. The third-order valence-corrected chi connectivity index (χ3v) is 7.74. The summed E-state index contributed by atoms with van der Waals surface area (Å²) in [5.74, 6) is 1.12. The highest BCUT2D eigenvalue weighted by atomic mass is 16.5. The van der Waals surface area contributed by atoms with E-state index in [0.717, 1.165) is 32.0 Å². The lowest BCUT2D eigenvalue weighted by atomic mass is 9.89. The van der Waals surface area contributed by atoms with Gasteiger partial charge in [-0.3, -0.25) is 9.59 Å². The van der Waals surface area contributed by atoms with Gasteiger partial charge in [-0.15, -0.1) is 0 Å². The Kier molecular flexibility index (Phi) is 11.2. The Balaban J connectivity index is 1.78. The van der Waals surface area contributed by atoms with Crippen LogP contribution in [0.5, 0.6) is 5.75 Å². The van der Waals surface area contributed by atoms with Crippen LogP contribution in [0.25, 0.3) is 0 Å². The first kappa shape index (κ1) is 29.4. The van der Waals surface area contributed by atoms with Crippen LogP contribution < -0.4 is 10.1 Å². The molecule has 8 nitrogen and oxygen atoms in total. The maximum atomic E-state index is 13.6. The van der Waals surface area contributed by atoms with Crippen LogP contribution in [0.15, 0.2) is 18.2 Å². The second-order valence-corrected chi connectivity index (χ2v) is 11.5. The van der Waals surface area contributed by atoms with Gasteiger partial charge < -0.3 is 29.9 Å². The minimum Gasteiger partial charge on any atom is -0.488 e. The summed E-state index contributed by atoms with van der Waals surface area (Å²) < 4.78 is 6.52.